The number of nitrogens with one attached hydrogen (secondary N) is 2. The SMILES string of the molecule is NC(=O)C(CCCN/C(N)=C/Cl)NC(=O)c1ccccc1. The third-order valence-electron chi connectivity index (χ3n) is 2.80. The van der Waals surface area contributed by atoms with Crippen molar-refractivity contribution in [1.29, 1.82) is 0 Å². The standard InChI is InChI=1S/C14H19ClN4O2/c15-9-12(16)18-8-4-7-11(13(17)20)19-14(21)10-5-2-1-3-6-10/h1-3,5-6,9,11,18H,4,7-8,16H2,(H2,17,20)(H,19,21)/b12-9+. The van der Waals surface area contributed by atoms with Gasteiger partial charge in [0.2, 0.25) is 5.91 Å². The fourth-order valence-corrected chi connectivity index (χ4v) is 1.77. The summed E-state index contributed by atoms with van der Waals surface area (Å²) in [5.74, 6) is -0.548. The molecular weight excluding hydrogens is 292 g/mol. The van der Waals surface area contributed by atoms with Crippen molar-refractivity contribution in [3.05, 3.63) is 47.3 Å². The Kier molecular flexibility index (Phi) is 7.11. The molecule has 7 heteroatoms. The van der Waals surface area contributed by atoms with E-state index in [9.17, 15) is 9.59 Å². The van der Waals surface area contributed by atoms with Gasteiger partial charge in [-0.25, -0.2) is 0 Å². The van der Waals surface area contributed by atoms with Crippen molar-refractivity contribution in [2.24, 2.45) is 11.5 Å². The average Bonchev–Trinajstić information content (AvgIpc) is 2.50. The summed E-state index contributed by atoms with van der Waals surface area (Å²) < 4.78 is 0. The third-order valence-corrected chi connectivity index (χ3v) is 3.04. The van der Waals surface area contributed by atoms with E-state index in [1.54, 1.807) is 24.3 Å². The highest BCUT2D eigenvalue weighted by Gasteiger charge is 2.18. The third kappa shape index (κ3) is 6.18. The first-order valence-electron chi connectivity index (χ1n) is 6.49. The van der Waals surface area contributed by atoms with E-state index in [-0.39, 0.29) is 5.91 Å². The van der Waals surface area contributed by atoms with Crippen LogP contribution in [-0.4, -0.2) is 24.4 Å². The van der Waals surface area contributed by atoms with Crippen LogP contribution in [0.5, 0.6) is 0 Å². The number of amides is 2. The number of halogens is 1. The second kappa shape index (κ2) is 8.86. The highest BCUT2D eigenvalue weighted by Crippen LogP contribution is 2.02. The first-order chi connectivity index (χ1) is 10.0. The molecule has 2 amide bonds. The monoisotopic (exact) mass is 310 g/mol. The Morgan fingerprint density at radius 3 is 2.48 bits per heavy atom. The maximum Gasteiger partial charge on any atom is 0.251 e. The predicted octanol–water partition coefficient (Wildman–Crippen LogP) is 0.637. The molecule has 1 aromatic rings. The molecular formula is C14H19ClN4O2. The van der Waals surface area contributed by atoms with Gasteiger partial charge in [-0.3, -0.25) is 9.59 Å². The van der Waals surface area contributed by atoms with Gasteiger partial charge in [-0.05, 0) is 25.0 Å². The van der Waals surface area contributed by atoms with Crippen LogP contribution in [0.2, 0.25) is 0 Å². The average molecular weight is 311 g/mol. The van der Waals surface area contributed by atoms with Crippen LogP contribution in [-0.2, 0) is 4.79 Å². The molecule has 21 heavy (non-hydrogen) atoms. The summed E-state index contributed by atoms with van der Waals surface area (Å²) >= 11 is 5.40. The number of carbonyl (C=O) groups is 2. The molecule has 0 saturated carbocycles. The highest BCUT2D eigenvalue weighted by atomic mass is 35.5. The molecule has 0 spiro atoms. The van der Waals surface area contributed by atoms with Crippen molar-refractivity contribution in [3.8, 4) is 0 Å². The molecule has 114 valence electrons. The van der Waals surface area contributed by atoms with Crippen LogP contribution in [0.25, 0.3) is 0 Å². The van der Waals surface area contributed by atoms with Crippen LogP contribution in [0, 0.1) is 0 Å². The molecule has 0 aliphatic heterocycles. The van der Waals surface area contributed by atoms with Crippen LogP contribution in [0.1, 0.15) is 23.2 Å². The zero-order valence-corrected chi connectivity index (χ0v) is 12.3. The molecule has 1 unspecified atom stereocenters. The van der Waals surface area contributed by atoms with Crippen LogP contribution in [0.4, 0.5) is 0 Å². The molecule has 1 aromatic carbocycles. The number of primary amides is 1. The maximum absolute atomic E-state index is 12.0. The Balaban J connectivity index is 2.47. The van der Waals surface area contributed by atoms with Gasteiger partial charge >= 0.3 is 0 Å². The number of rotatable bonds is 8. The van der Waals surface area contributed by atoms with E-state index in [1.807, 2.05) is 6.07 Å². The maximum atomic E-state index is 12.0. The Morgan fingerprint density at radius 1 is 1.24 bits per heavy atom. The van der Waals surface area contributed by atoms with E-state index < -0.39 is 11.9 Å². The zero-order valence-electron chi connectivity index (χ0n) is 11.5. The van der Waals surface area contributed by atoms with E-state index in [0.717, 1.165) is 0 Å². The van der Waals surface area contributed by atoms with Crippen molar-refractivity contribution in [3.63, 3.8) is 0 Å². The molecule has 0 saturated heterocycles. The van der Waals surface area contributed by atoms with E-state index >= 15 is 0 Å². The van der Waals surface area contributed by atoms with E-state index in [0.29, 0.717) is 30.8 Å². The lowest BCUT2D eigenvalue weighted by Gasteiger charge is -2.15. The van der Waals surface area contributed by atoms with Gasteiger partial charge in [0.1, 0.15) is 11.9 Å². The van der Waals surface area contributed by atoms with Crippen molar-refractivity contribution < 1.29 is 9.59 Å². The Labute approximate surface area is 128 Å². The van der Waals surface area contributed by atoms with Gasteiger partial charge in [-0.1, -0.05) is 29.8 Å². The van der Waals surface area contributed by atoms with Gasteiger partial charge < -0.3 is 22.1 Å². The first-order valence-corrected chi connectivity index (χ1v) is 6.93. The minimum Gasteiger partial charge on any atom is -0.385 e. The molecule has 1 atom stereocenters. The molecule has 0 aliphatic rings. The molecule has 0 fully saturated rings. The van der Waals surface area contributed by atoms with E-state index in [2.05, 4.69) is 10.6 Å². The normalized spacial score (nSPS) is 12.5. The highest BCUT2D eigenvalue weighted by molar-refractivity contribution is 6.25. The topological polar surface area (TPSA) is 110 Å². The lowest BCUT2D eigenvalue weighted by molar-refractivity contribution is -0.120. The molecule has 0 aromatic heterocycles. The van der Waals surface area contributed by atoms with Crippen molar-refractivity contribution in [2.45, 2.75) is 18.9 Å². The van der Waals surface area contributed by atoms with Crippen molar-refractivity contribution in [2.75, 3.05) is 6.54 Å². The summed E-state index contributed by atoms with van der Waals surface area (Å²) in [6, 6.07) is 7.92. The summed E-state index contributed by atoms with van der Waals surface area (Å²) in [6.07, 6.45) is 1.02. The lowest BCUT2D eigenvalue weighted by atomic mass is 10.1. The summed E-state index contributed by atoms with van der Waals surface area (Å²) in [5.41, 5.74) is 12.5. The Hall–Kier alpha value is -2.21. The van der Waals surface area contributed by atoms with Gasteiger partial charge in [0.25, 0.3) is 5.91 Å². The van der Waals surface area contributed by atoms with Crippen LogP contribution >= 0.6 is 11.6 Å². The number of carbonyl (C=O) groups excluding carboxylic acids is 2. The first kappa shape index (κ1) is 16.8. The lowest BCUT2D eigenvalue weighted by Crippen LogP contribution is -2.44. The molecule has 0 aliphatic carbocycles. The van der Waals surface area contributed by atoms with Crippen molar-refractivity contribution in [1.82, 2.24) is 10.6 Å². The van der Waals surface area contributed by atoms with Gasteiger partial charge in [-0.15, -0.1) is 0 Å². The molecule has 0 bridgehead atoms. The quantitative estimate of drug-likeness (QED) is 0.528. The minimum absolute atomic E-state index is 0.326. The summed E-state index contributed by atoms with van der Waals surface area (Å²) in [7, 11) is 0. The molecule has 6 N–H and O–H groups in total. The smallest absolute Gasteiger partial charge is 0.251 e. The van der Waals surface area contributed by atoms with E-state index in [1.165, 1.54) is 5.54 Å². The number of hydrogen-bond acceptors (Lipinski definition) is 4. The van der Waals surface area contributed by atoms with Gasteiger partial charge in [0.15, 0.2) is 0 Å². The number of nitrogens with two attached hydrogens (primary N) is 2. The molecule has 0 radical (unpaired) electrons. The molecule has 6 nitrogen and oxygen atoms in total. The fraction of sp³-hybridized carbons (Fsp3) is 0.286. The summed E-state index contributed by atoms with van der Waals surface area (Å²) in [4.78, 5) is 23.3. The van der Waals surface area contributed by atoms with Crippen LogP contribution in [0.15, 0.2) is 41.7 Å². The van der Waals surface area contributed by atoms with Gasteiger partial charge in [0, 0.05) is 17.6 Å². The van der Waals surface area contributed by atoms with Gasteiger partial charge in [-0.2, -0.15) is 0 Å². The molecule has 0 heterocycles. The second-order valence-electron chi connectivity index (χ2n) is 4.43. The van der Waals surface area contributed by atoms with Crippen molar-refractivity contribution >= 4 is 23.4 Å². The number of hydrogen-bond donors (Lipinski definition) is 4. The summed E-state index contributed by atoms with van der Waals surface area (Å²) in [5, 5.41) is 5.48. The van der Waals surface area contributed by atoms with Gasteiger partial charge in [0.05, 0.1) is 0 Å². The van der Waals surface area contributed by atoms with Crippen LogP contribution < -0.4 is 22.1 Å². The largest absolute Gasteiger partial charge is 0.385 e. The zero-order chi connectivity index (χ0) is 15.7. The predicted molar refractivity (Wildman–Crippen MR) is 82.3 cm³/mol. The fourth-order valence-electron chi connectivity index (χ4n) is 1.69. The Bertz CT molecular complexity index is 505. The minimum atomic E-state index is -0.722. The van der Waals surface area contributed by atoms with E-state index in [4.69, 9.17) is 23.1 Å². The van der Waals surface area contributed by atoms with Crippen LogP contribution in [0.3, 0.4) is 0 Å². The summed E-state index contributed by atoms with van der Waals surface area (Å²) in [6.45, 7) is 0.528. The Morgan fingerprint density at radius 2 is 1.90 bits per heavy atom. The second-order valence-corrected chi connectivity index (χ2v) is 4.65. The number of benzene rings is 1. The molecule has 1 rings (SSSR count).